The highest BCUT2D eigenvalue weighted by atomic mass is 16.6. The van der Waals surface area contributed by atoms with E-state index >= 15 is 0 Å². The standard InChI is InChI=1S/C13H18O7/c1-19-8-4-2-7(3-5-8)13(18)11(16)10(15)9(6-14)20-12(13)17/h2-5,9-12,14-18H,6H2,1H3/t9-,10-,11+,12+,13-/m1/s1. The van der Waals surface area contributed by atoms with Crippen LogP contribution in [0.3, 0.4) is 0 Å². The van der Waals surface area contributed by atoms with Gasteiger partial charge in [0.25, 0.3) is 0 Å². The lowest BCUT2D eigenvalue weighted by atomic mass is 9.81. The lowest BCUT2D eigenvalue weighted by molar-refractivity contribution is -0.335. The number of benzene rings is 1. The van der Waals surface area contributed by atoms with E-state index in [9.17, 15) is 20.4 Å². The second-order valence-electron chi connectivity index (χ2n) is 4.70. The Kier molecular flexibility index (Phi) is 4.28. The highest BCUT2D eigenvalue weighted by molar-refractivity contribution is 5.33. The van der Waals surface area contributed by atoms with Gasteiger partial charge >= 0.3 is 0 Å². The van der Waals surface area contributed by atoms with Crippen molar-refractivity contribution < 1.29 is 35.0 Å². The molecule has 1 aliphatic heterocycles. The van der Waals surface area contributed by atoms with Crippen molar-refractivity contribution in [2.24, 2.45) is 0 Å². The smallest absolute Gasteiger partial charge is 0.191 e. The van der Waals surface area contributed by atoms with E-state index in [0.717, 1.165) is 0 Å². The van der Waals surface area contributed by atoms with E-state index < -0.39 is 36.8 Å². The van der Waals surface area contributed by atoms with Gasteiger partial charge in [0.1, 0.15) is 24.1 Å². The van der Waals surface area contributed by atoms with Crippen LogP contribution in [0, 0.1) is 0 Å². The van der Waals surface area contributed by atoms with E-state index in [2.05, 4.69) is 0 Å². The number of aliphatic hydroxyl groups is 5. The number of hydrogen-bond acceptors (Lipinski definition) is 7. The molecule has 1 aromatic carbocycles. The number of ether oxygens (including phenoxy) is 2. The molecule has 1 aliphatic rings. The second kappa shape index (κ2) is 5.65. The quantitative estimate of drug-likeness (QED) is 0.450. The zero-order chi connectivity index (χ0) is 14.9. The molecule has 0 unspecified atom stereocenters. The molecule has 0 aromatic heterocycles. The first-order valence-electron chi connectivity index (χ1n) is 6.12. The van der Waals surface area contributed by atoms with Crippen LogP contribution in [0.1, 0.15) is 5.56 Å². The minimum Gasteiger partial charge on any atom is -0.497 e. The third-order valence-electron chi connectivity index (χ3n) is 3.57. The molecule has 0 amide bonds. The van der Waals surface area contributed by atoms with Crippen molar-refractivity contribution in [1.82, 2.24) is 0 Å². The van der Waals surface area contributed by atoms with Crippen molar-refractivity contribution in [3.05, 3.63) is 29.8 Å². The minimum atomic E-state index is -2.20. The number of hydrogen-bond donors (Lipinski definition) is 5. The molecule has 0 aliphatic carbocycles. The van der Waals surface area contributed by atoms with Crippen LogP contribution in [0.4, 0.5) is 0 Å². The Balaban J connectivity index is 2.35. The average molecular weight is 286 g/mol. The zero-order valence-electron chi connectivity index (χ0n) is 10.9. The van der Waals surface area contributed by atoms with Crippen LogP contribution < -0.4 is 4.74 Å². The topological polar surface area (TPSA) is 120 Å². The molecular weight excluding hydrogens is 268 g/mol. The van der Waals surface area contributed by atoms with E-state index in [1.165, 1.54) is 31.4 Å². The molecule has 1 fully saturated rings. The van der Waals surface area contributed by atoms with Crippen molar-refractivity contribution in [1.29, 1.82) is 0 Å². The SMILES string of the molecule is COc1ccc([C@]2(O)[C@@H](O)O[C@H](CO)[C@@H](O)[C@@H]2O)cc1. The normalized spacial score (nSPS) is 37.7. The Morgan fingerprint density at radius 1 is 1.20 bits per heavy atom. The maximum Gasteiger partial charge on any atom is 0.191 e. The maximum atomic E-state index is 10.5. The first kappa shape index (κ1) is 15.2. The number of aliphatic hydroxyl groups excluding tert-OH is 4. The summed E-state index contributed by atoms with van der Waals surface area (Å²) in [5, 5.41) is 49.3. The van der Waals surface area contributed by atoms with Crippen LogP contribution in [-0.4, -0.2) is 63.9 Å². The fourth-order valence-electron chi connectivity index (χ4n) is 2.28. The van der Waals surface area contributed by atoms with Gasteiger partial charge in [-0.1, -0.05) is 12.1 Å². The summed E-state index contributed by atoms with van der Waals surface area (Å²) in [6.07, 6.45) is -6.20. The number of methoxy groups -OCH3 is 1. The molecule has 7 nitrogen and oxygen atoms in total. The second-order valence-corrected chi connectivity index (χ2v) is 4.70. The number of rotatable bonds is 3. The summed E-state index contributed by atoms with van der Waals surface area (Å²) in [4.78, 5) is 0. The van der Waals surface area contributed by atoms with Gasteiger partial charge in [-0.2, -0.15) is 0 Å². The molecule has 1 heterocycles. The van der Waals surface area contributed by atoms with Crippen LogP contribution in [0.15, 0.2) is 24.3 Å². The molecule has 0 radical (unpaired) electrons. The highest BCUT2D eigenvalue weighted by Crippen LogP contribution is 2.37. The monoisotopic (exact) mass is 286 g/mol. The first-order valence-corrected chi connectivity index (χ1v) is 6.12. The lowest BCUT2D eigenvalue weighted by Gasteiger charge is -2.46. The van der Waals surface area contributed by atoms with E-state index in [4.69, 9.17) is 14.6 Å². The summed E-state index contributed by atoms with van der Waals surface area (Å²) in [6.45, 7) is -0.589. The van der Waals surface area contributed by atoms with Gasteiger partial charge in [0.2, 0.25) is 0 Å². The fourth-order valence-corrected chi connectivity index (χ4v) is 2.28. The first-order chi connectivity index (χ1) is 9.44. The van der Waals surface area contributed by atoms with Crippen molar-refractivity contribution >= 4 is 0 Å². The molecule has 112 valence electrons. The van der Waals surface area contributed by atoms with Gasteiger partial charge in [-0.15, -0.1) is 0 Å². The molecule has 0 saturated carbocycles. The Labute approximate surface area is 115 Å². The largest absolute Gasteiger partial charge is 0.497 e. The zero-order valence-corrected chi connectivity index (χ0v) is 10.9. The van der Waals surface area contributed by atoms with Crippen LogP contribution in [0.2, 0.25) is 0 Å². The summed E-state index contributed by atoms with van der Waals surface area (Å²) in [7, 11) is 1.48. The minimum absolute atomic E-state index is 0.161. The maximum absolute atomic E-state index is 10.5. The Morgan fingerprint density at radius 2 is 1.80 bits per heavy atom. The van der Waals surface area contributed by atoms with Crippen molar-refractivity contribution in [2.45, 2.75) is 30.2 Å². The third kappa shape index (κ3) is 2.28. The van der Waals surface area contributed by atoms with Gasteiger partial charge < -0.3 is 35.0 Å². The van der Waals surface area contributed by atoms with Gasteiger partial charge in [-0.05, 0) is 17.7 Å². The summed E-state index contributed by atoms with van der Waals surface area (Å²) >= 11 is 0. The summed E-state index contributed by atoms with van der Waals surface area (Å²) < 4.78 is 9.94. The average Bonchev–Trinajstić information content (AvgIpc) is 2.48. The van der Waals surface area contributed by atoms with Crippen LogP contribution >= 0.6 is 0 Å². The van der Waals surface area contributed by atoms with Gasteiger partial charge in [-0.25, -0.2) is 0 Å². The summed E-state index contributed by atoms with van der Waals surface area (Å²) in [5.41, 5.74) is -2.04. The summed E-state index contributed by atoms with van der Waals surface area (Å²) in [6, 6.07) is 5.97. The molecule has 2 rings (SSSR count). The Bertz CT molecular complexity index is 449. The lowest BCUT2D eigenvalue weighted by Crippen LogP contribution is -2.64. The summed E-state index contributed by atoms with van der Waals surface area (Å²) in [5.74, 6) is 0.534. The molecule has 20 heavy (non-hydrogen) atoms. The molecule has 5 atom stereocenters. The van der Waals surface area contributed by atoms with E-state index in [-0.39, 0.29) is 5.56 Å². The van der Waals surface area contributed by atoms with Crippen molar-refractivity contribution in [3.63, 3.8) is 0 Å². The molecule has 5 N–H and O–H groups in total. The van der Waals surface area contributed by atoms with E-state index in [0.29, 0.717) is 5.75 Å². The van der Waals surface area contributed by atoms with Crippen LogP contribution in [0.5, 0.6) is 5.75 Å². The molecule has 7 heteroatoms. The van der Waals surface area contributed by atoms with Gasteiger partial charge in [0, 0.05) is 0 Å². The van der Waals surface area contributed by atoms with Gasteiger partial charge in [0.05, 0.1) is 13.7 Å². The van der Waals surface area contributed by atoms with E-state index in [1.807, 2.05) is 0 Å². The highest BCUT2D eigenvalue weighted by Gasteiger charge is 2.55. The predicted molar refractivity (Wildman–Crippen MR) is 66.9 cm³/mol. The Hall–Kier alpha value is -1.22. The van der Waals surface area contributed by atoms with E-state index in [1.54, 1.807) is 0 Å². The third-order valence-corrected chi connectivity index (χ3v) is 3.57. The fraction of sp³-hybridized carbons (Fsp3) is 0.538. The van der Waals surface area contributed by atoms with Crippen LogP contribution in [0.25, 0.3) is 0 Å². The molecule has 0 spiro atoms. The molecular formula is C13H18O7. The van der Waals surface area contributed by atoms with Crippen LogP contribution in [-0.2, 0) is 10.3 Å². The Morgan fingerprint density at radius 3 is 2.30 bits per heavy atom. The predicted octanol–water partition coefficient (Wildman–Crippen LogP) is -1.69. The van der Waals surface area contributed by atoms with Crippen molar-refractivity contribution in [3.8, 4) is 5.75 Å². The van der Waals surface area contributed by atoms with Crippen molar-refractivity contribution in [2.75, 3.05) is 13.7 Å². The van der Waals surface area contributed by atoms with Gasteiger partial charge in [0.15, 0.2) is 11.9 Å². The molecule has 1 aromatic rings. The van der Waals surface area contributed by atoms with Gasteiger partial charge in [-0.3, -0.25) is 0 Å². The molecule has 0 bridgehead atoms. The molecule has 1 saturated heterocycles.